The lowest BCUT2D eigenvalue weighted by Gasteiger charge is -2.22. The van der Waals surface area contributed by atoms with Crippen LogP contribution in [0.5, 0.6) is 0 Å². The van der Waals surface area contributed by atoms with Gasteiger partial charge in [0.2, 0.25) is 5.91 Å². The molecule has 15 heavy (non-hydrogen) atoms. The number of nitrogens with zero attached hydrogens (tertiary/aromatic N) is 1. The van der Waals surface area contributed by atoms with Gasteiger partial charge >= 0.3 is 5.97 Å². The molecule has 0 aromatic rings. The zero-order valence-corrected chi connectivity index (χ0v) is 10.2. The highest BCUT2D eigenvalue weighted by molar-refractivity contribution is 5.83. The lowest BCUT2D eigenvalue weighted by molar-refractivity contribution is -0.149. The monoisotopic (exact) mass is 215 g/mol. The Balaban J connectivity index is 4.15. The Morgan fingerprint density at radius 3 is 2.20 bits per heavy atom. The summed E-state index contributed by atoms with van der Waals surface area (Å²) in [6.07, 6.45) is 0. The van der Waals surface area contributed by atoms with E-state index >= 15 is 0 Å². The molecule has 0 saturated carbocycles. The molecule has 1 amide bonds. The van der Waals surface area contributed by atoms with Gasteiger partial charge in [-0.25, -0.2) is 0 Å². The van der Waals surface area contributed by atoms with E-state index < -0.39 is 0 Å². The van der Waals surface area contributed by atoms with E-state index in [1.807, 2.05) is 20.8 Å². The van der Waals surface area contributed by atoms with E-state index in [1.165, 1.54) is 4.90 Å². The molecule has 0 N–H and O–H groups in total. The maximum Gasteiger partial charge on any atom is 0.325 e. The molecule has 0 fully saturated rings. The largest absolute Gasteiger partial charge is 0.465 e. The summed E-state index contributed by atoms with van der Waals surface area (Å²) in [5, 5.41) is 0. The van der Waals surface area contributed by atoms with Gasteiger partial charge in [-0.15, -0.1) is 0 Å². The number of carbonyl (C=O) groups excluding carboxylic acids is 2. The smallest absolute Gasteiger partial charge is 0.325 e. The second-order valence-corrected chi connectivity index (χ2v) is 4.03. The van der Waals surface area contributed by atoms with Gasteiger partial charge in [0.05, 0.1) is 6.61 Å². The molecule has 1 atom stereocenters. The second-order valence-electron chi connectivity index (χ2n) is 4.03. The molecule has 0 aliphatic rings. The van der Waals surface area contributed by atoms with E-state index in [1.54, 1.807) is 14.0 Å². The van der Waals surface area contributed by atoms with Crippen LogP contribution in [-0.2, 0) is 14.3 Å². The molecule has 0 aromatic heterocycles. The number of amides is 1. The van der Waals surface area contributed by atoms with Crippen LogP contribution in [0.3, 0.4) is 0 Å². The molecular formula is C11H21NO3. The molecule has 0 bridgehead atoms. The molecule has 88 valence electrons. The highest BCUT2D eigenvalue weighted by atomic mass is 16.5. The molecule has 0 aromatic carbocycles. The first-order valence-corrected chi connectivity index (χ1v) is 5.30. The van der Waals surface area contributed by atoms with Gasteiger partial charge in [-0.2, -0.15) is 0 Å². The van der Waals surface area contributed by atoms with Crippen molar-refractivity contribution in [2.45, 2.75) is 27.7 Å². The van der Waals surface area contributed by atoms with Crippen molar-refractivity contribution < 1.29 is 14.3 Å². The topological polar surface area (TPSA) is 46.6 Å². The van der Waals surface area contributed by atoms with E-state index in [4.69, 9.17) is 4.74 Å². The summed E-state index contributed by atoms with van der Waals surface area (Å²) in [6, 6.07) is 0. The zero-order valence-electron chi connectivity index (χ0n) is 10.2. The van der Waals surface area contributed by atoms with Crippen LogP contribution in [0, 0.1) is 11.8 Å². The van der Waals surface area contributed by atoms with Crippen LogP contribution in [0.1, 0.15) is 27.7 Å². The molecule has 0 aliphatic carbocycles. The van der Waals surface area contributed by atoms with Crippen LogP contribution >= 0.6 is 0 Å². The van der Waals surface area contributed by atoms with Crippen molar-refractivity contribution in [2.24, 2.45) is 11.8 Å². The van der Waals surface area contributed by atoms with Crippen molar-refractivity contribution in [1.29, 1.82) is 0 Å². The van der Waals surface area contributed by atoms with Gasteiger partial charge in [0.15, 0.2) is 0 Å². The number of carbonyl (C=O) groups is 2. The number of ether oxygens (including phenoxy) is 1. The summed E-state index contributed by atoms with van der Waals surface area (Å²) in [5.41, 5.74) is 0. The Labute approximate surface area is 91.6 Å². The Bertz CT molecular complexity index is 226. The average molecular weight is 215 g/mol. The zero-order chi connectivity index (χ0) is 12.0. The first-order chi connectivity index (χ1) is 6.90. The molecule has 4 heteroatoms. The molecule has 0 aliphatic heterocycles. The van der Waals surface area contributed by atoms with E-state index in [2.05, 4.69) is 0 Å². The van der Waals surface area contributed by atoms with Gasteiger partial charge in [0.1, 0.15) is 6.54 Å². The maximum absolute atomic E-state index is 11.7. The third-order valence-electron chi connectivity index (χ3n) is 2.44. The number of hydrogen-bond donors (Lipinski definition) is 0. The van der Waals surface area contributed by atoms with Crippen molar-refractivity contribution in [1.82, 2.24) is 4.90 Å². The minimum atomic E-state index is -0.357. The van der Waals surface area contributed by atoms with Gasteiger partial charge in [-0.3, -0.25) is 9.59 Å². The van der Waals surface area contributed by atoms with E-state index in [9.17, 15) is 9.59 Å². The Kier molecular flexibility index (Phi) is 5.97. The average Bonchev–Trinajstić information content (AvgIpc) is 2.15. The van der Waals surface area contributed by atoms with Crippen LogP contribution < -0.4 is 0 Å². The lowest BCUT2D eigenvalue weighted by atomic mass is 9.97. The van der Waals surface area contributed by atoms with Crippen molar-refractivity contribution in [2.75, 3.05) is 20.2 Å². The molecule has 4 nitrogen and oxygen atoms in total. The minimum Gasteiger partial charge on any atom is -0.465 e. The standard InChI is InChI=1S/C11H21NO3/c1-6-15-10(13)7-12(5)11(14)9(4)8(2)3/h8-9H,6-7H2,1-5H3. The first-order valence-electron chi connectivity index (χ1n) is 5.30. The predicted molar refractivity (Wildman–Crippen MR) is 58.3 cm³/mol. The van der Waals surface area contributed by atoms with Crippen molar-refractivity contribution in [3.8, 4) is 0 Å². The third kappa shape index (κ3) is 4.81. The lowest BCUT2D eigenvalue weighted by Crippen LogP contribution is -2.37. The van der Waals surface area contributed by atoms with Crippen LogP contribution in [0.2, 0.25) is 0 Å². The highest BCUT2D eigenvalue weighted by Gasteiger charge is 2.22. The summed E-state index contributed by atoms with van der Waals surface area (Å²) in [5.74, 6) is -0.158. The first kappa shape index (κ1) is 13.9. The maximum atomic E-state index is 11.7. The highest BCUT2D eigenvalue weighted by Crippen LogP contribution is 2.12. The van der Waals surface area contributed by atoms with Crippen LogP contribution in [0.4, 0.5) is 0 Å². The summed E-state index contributed by atoms with van der Waals surface area (Å²) >= 11 is 0. The van der Waals surface area contributed by atoms with Crippen molar-refractivity contribution >= 4 is 11.9 Å². The fourth-order valence-electron chi connectivity index (χ4n) is 1.11. The Morgan fingerprint density at radius 1 is 1.27 bits per heavy atom. The Hall–Kier alpha value is -1.06. The number of rotatable bonds is 5. The van der Waals surface area contributed by atoms with Crippen LogP contribution in [-0.4, -0.2) is 37.0 Å². The minimum absolute atomic E-state index is 0.0157. The molecule has 0 heterocycles. The molecule has 0 rings (SSSR count). The van der Waals surface area contributed by atoms with Crippen molar-refractivity contribution in [3.05, 3.63) is 0 Å². The second kappa shape index (κ2) is 6.43. The van der Waals surface area contributed by atoms with E-state index in [-0.39, 0.29) is 30.3 Å². The van der Waals surface area contributed by atoms with Gasteiger partial charge in [-0.05, 0) is 12.8 Å². The summed E-state index contributed by atoms with van der Waals surface area (Å²) in [7, 11) is 1.62. The summed E-state index contributed by atoms with van der Waals surface area (Å²) < 4.78 is 4.77. The fourth-order valence-corrected chi connectivity index (χ4v) is 1.11. The molecular weight excluding hydrogens is 194 g/mol. The molecule has 0 radical (unpaired) electrons. The normalized spacial score (nSPS) is 12.4. The van der Waals surface area contributed by atoms with Crippen LogP contribution in [0.25, 0.3) is 0 Å². The van der Waals surface area contributed by atoms with Crippen LogP contribution in [0.15, 0.2) is 0 Å². The number of hydrogen-bond acceptors (Lipinski definition) is 3. The van der Waals surface area contributed by atoms with Gasteiger partial charge < -0.3 is 9.64 Å². The third-order valence-corrected chi connectivity index (χ3v) is 2.44. The van der Waals surface area contributed by atoms with E-state index in [0.717, 1.165) is 0 Å². The summed E-state index contributed by atoms with van der Waals surface area (Å²) in [4.78, 5) is 24.3. The number of esters is 1. The van der Waals surface area contributed by atoms with E-state index in [0.29, 0.717) is 6.61 Å². The Morgan fingerprint density at radius 2 is 1.80 bits per heavy atom. The quantitative estimate of drug-likeness (QED) is 0.649. The van der Waals surface area contributed by atoms with Crippen molar-refractivity contribution in [3.63, 3.8) is 0 Å². The summed E-state index contributed by atoms with van der Waals surface area (Å²) in [6.45, 7) is 7.97. The molecule has 0 saturated heterocycles. The predicted octanol–water partition coefficient (Wildman–Crippen LogP) is 1.30. The molecule has 1 unspecified atom stereocenters. The van der Waals surface area contributed by atoms with Gasteiger partial charge in [-0.1, -0.05) is 20.8 Å². The fraction of sp³-hybridized carbons (Fsp3) is 0.818. The number of likely N-dealkylation sites (N-methyl/N-ethyl adjacent to an activating group) is 1. The molecule has 0 spiro atoms. The van der Waals surface area contributed by atoms with Gasteiger partial charge in [0, 0.05) is 13.0 Å². The van der Waals surface area contributed by atoms with Gasteiger partial charge in [0.25, 0.3) is 0 Å². The SMILES string of the molecule is CCOC(=O)CN(C)C(=O)C(C)C(C)C.